The van der Waals surface area contributed by atoms with E-state index in [9.17, 15) is 4.79 Å². The third-order valence-corrected chi connectivity index (χ3v) is 4.11. The minimum Gasteiger partial charge on any atom is -0.484 e. The zero-order valence-corrected chi connectivity index (χ0v) is 18.5. The number of fused-ring (bicyclic) bond motifs is 1. The molecule has 156 valence electrons. The van der Waals surface area contributed by atoms with Crippen molar-refractivity contribution in [3.05, 3.63) is 53.6 Å². The molecule has 1 heterocycles. The quantitative estimate of drug-likeness (QED) is 0.283. The van der Waals surface area contributed by atoms with E-state index in [0.29, 0.717) is 18.3 Å². The summed E-state index contributed by atoms with van der Waals surface area (Å²) in [5, 5.41) is 6.54. The van der Waals surface area contributed by atoms with E-state index < -0.39 is 5.91 Å². The maximum atomic E-state index is 10.8. The van der Waals surface area contributed by atoms with Crippen LogP contribution in [0, 0.1) is 0 Å². The molecule has 1 aliphatic rings. The van der Waals surface area contributed by atoms with Crippen LogP contribution in [0.5, 0.6) is 17.2 Å². The number of halogens is 1. The lowest BCUT2D eigenvalue weighted by Gasteiger charge is -2.13. The van der Waals surface area contributed by atoms with Gasteiger partial charge in [-0.1, -0.05) is 18.2 Å². The number of carbonyl (C=O) groups excluding carboxylic acids is 1. The number of carbonyl (C=O) groups is 1. The fourth-order valence-electron chi connectivity index (χ4n) is 2.73. The number of nitrogens with zero attached hydrogens (tertiary/aromatic N) is 1. The highest BCUT2D eigenvalue weighted by Crippen LogP contribution is 2.32. The Hall–Kier alpha value is -2.69. The van der Waals surface area contributed by atoms with Crippen molar-refractivity contribution in [3.63, 3.8) is 0 Å². The highest BCUT2D eigenvalue weighted by molar-refractivity contribution is 14.0. The molecule has 0 saturated heterocycles. The standard InChI is InChI=1S/C20H24N4O4.HI/c1-22-20(23-8-7-14-5-6-17-18(10-14)28-13-27-17)24-11-15-3-2-4-16(9-15)26-12-19(21)25;/h2-6,9-10H,7-8,11-13H2,1H3,(H2,21,25)(H2,22,23,24);1H. The molecule has 0 saturated carbocycles. The van der Waals surface area contributed by atoms with Crippen LogP contribution in [-0.2, 0) is 17.8 Å². The Morgan fingerprint density at radius 2 is 1.97 bits per heavy atom. The molecule has 8 nitrogen and oxygen atoms in total. The van der Waals surface area contributed by atoms with Crippen LogP contribution >= 0.6 is 24.0 Å². The molecule has 2 aromatic carbocycles. The summed E-state index contributed by atoms with van der Waals surface area (Å²) in [5.41, 5.74) is 7.26. The van der Waals surface area contributed by atoms with Crippen molar-refractivity contribution in [1.82, 2.24) is 10.6 Å². The normalized spacial score (nSPS) is 12.1. The van der Waals surface area contributed by atoms with Crippen molar-refractivity contribution in [1.29, 1.82) is 0 Å². The van der Waals surface area contributed by atoms with Crippen LogP contribution in [-0.4, -0.2) is 38.9 Å². The average Bonchev–Trinajstić information content (AvgIpc) is 3.17. The van der Waals surface area contributed by atoms with Crippen molar-refractivity contribution < 1.29 is 19.0 Å². The average molecular weight is 512 g/mol. The van der Waals surface area contributed by atoms with E-state index in [0.717, 1.165) is 35.6 Å². The number of ether oxygens (including phenoxy) is 3. The van der Waals surface area contributed by atoms with Gasteiger partial charge in [-0.3, -0.25) is 9.79 Å². The van der Waals surface area contributed by atoms with E-state index in [2.05, 4.69) is 15.6 Å². The van der Waals surface area contributed by atoms with Crippen molar-refractivity contribution in [2.24, 2.45) is 10.7 Å². The summed E-state index contributed by atoms with van der Waals surface area (Å²) >= 11 is 0. The summed E-state index contributed by atoms with van der Waals surface area (Å²) in [6, 6.07) is 13.4. The molecule has 1 amide bonds. The van der Waals surface area contributed by atoms with Crippen LogP contribution in [0.15, 0.2) is 47.5 Å². The van der Waals surface area contributed by atoms with Crippen LogP contribution < -0.4 is 30.6 Å². The molecule has 2 aromatic rings. The minimum absolute atomic E-state index is 0. The molecule has 1 aliphatic heterocycles. The van der Waals surface area contributed by atoms with Gasteiger partial charge in [0.05, 0.1) is 0 Å². The van der Waals surface area contributed by atoms with Crippen LogP contribution in [0.1, 0.15) is 11.1 Å². The summed E-state index contributed by atoms with van der Waals surface area (Å²) in [4.78, 5) is 15.0. The van der Waals surface area contributed by atoms with E-state index in [1.54, 1.807) is 13.1 Å². The number of hydrogen-bond donors (Lipinski definition) is 3. The van der Waals surface area contributed by atoms with E-state index in [1.165, 1.54) is 0 Å². The zero-order chi connectivity index (χ0) is 19.8. The molecule has 0 radical (unpaired) electrons. The first-order chi connectivity index (χ1) is 13.6. The number of aliphatic imine (C=N–C) groups is 1. The van der Waals surface area contributed by atoms with Crippen LogP contribution in [0.25, 0.3) is 0 Å². The first-order valence-electron chi connectivity index (χ1n) is 8.97. The topological polar surface area (TPSA) is 107 Å². The Morgan fingerprint density at radius 3 is 2.76 bits per heavy atom. The summed E-state index contributed by atoms with van der Waals surface area (Å²) in [5.74, 6) is 2.37. The molecule has 0 aliphatic carbocycles. The van der Waals surface area contributed by atoms with Gasteiger partial charge in [-0.2, -0.15) is 0 Å². The highest BCUT2D eigenvalue weighted by atomic mass is 127. The van der Waals surface area contributed by atoms with Gasteiger partial charge in [-0.25, -0.2) is 0 Å². The van der Waals surface area contributed by atoms with Gasteiger partial charge >= 0.3 is 0 Å². The molecular formula is C20H25IN4O4. The third kappa shape index (κ3) is 7.00. The molecule has 9 heteroatoms. The second-order valence-electron chi connectivity index (χ2n) is 6.19. The maximum Gasteiger partial charge on any atom is 0.255 e. The van der Waals surface area contributed by atoms with E-state index in [1.807, 2.05) is 36.4 Å². The second kappa shape index (κ2) is 11.3. The molecule has 0 unspecified atom stereocenters. The lowest BCUT2D eigenvalue weighted by atomic mass is 10.1. The Morgan fingerprint density at radius 1 is 1.14 bits per heavy atom. The number of nitrogens with one attached hydrogen (secondary N) is 2. The van der Waals surface area contributed by atoms with Gasteiger partial charge < -0.3 is 30.6 Å². The van der Waals surface area contributed by atoms with E-state index in [-0.39, 0.29) is 37.4 Å². The van der Waals surface area contributed by atoms with Gasteiger partial charge in [0.1, 0.15) is 5.75 Å². The Balaban J connectivity index is 0.00000300. The van der Waals surface area contributed by atoms with Crippen molar-refractivity contribution >= 4 is 35.8 Å². The van der Waals surface area contributed by atoms with Crippen LogP contribution in [0.4, 0.5) is 0 Å². The van der Waals surface area contributed by atoms with Gasteiger partial charge in [0, 0.05) is 20.1 Å². The molecule has 3 rings (SSSR count). The molecule has 29 heavy (non-hydrogen) atoms. The first kappa shape index (κ1) is 22.6. The lowest BCUT2D eigenvalue weighted by molar-refractivity contribution is -0.119. The lowest BCUT2D eigenvalue weighted by Crippen LogP contribution is -2.37. The van der Waals surface area contributed by atoms with Gasteiger partial charge in [0.25, 0.3) is 5.91 Å². The van der Waals surface area contributed by atoms with E-state index >= 15 is 0 Å². The Kier molecular flexibility index (Phi) is 8.84. The number of rotatable bonds is 8. The molecule has 0 bridgehead atoms. The van der Waals surface area contributed by atoms with Crippen molar-refractivity contribution in [3.8, 4) is 17.2 Å². The molecular weight excluding hydrogens is 487 g/mol. The fourth-order valence-corrected chi connectivity index (χ4v) is 2.73. The number of amides is 1. The predicted octanol–water partition coefficient (Wildman–Crippen LogP) is 1.81. The molecule has 0 atom stereocenters. The van der Waals surface area contributed by atoms with Gasteiger partial charge in [-0.15, -0.1) is 24.0 Å². The number of hydrogen-bond acceptors (Lipinski definition) is 5. The third-order valence-electron chi connectivity index (χ3n) is 4.11. The fraction of sp³-hybridized carbons (Fsp3) is 0.300. The van der Waals surface area contributed by atoms with Crippen molar-refractivity contribution in [2.75, 3.05) is 27.0 Å². The second-order valence-corrected chi connectivity index (χ2v) is 6.19. The Labute approximate surface area is 186 Å². The van der Waals surface area contributed by atoms with Gasteiger partial charge in [0.2, 0.25) is 6.79 Å². The monoisotopic (exact) mass is 512 g/mol. The smallest absolute Gasteiger partial charge is 0.255 e. The SMILES string of the molecule is CN=C(NCCc1ccc2c(c1)OCO2)NCc1cccc(OCC(N)=O)c1.I. The Bertz CT molecular complexity index is 860. The minimum atomic E-state index is -0.504. The van der Waals surface area contributed by atoms with Gasteiger partial charge in [-0.05, 0) is 41.8 Å². The highest BCUT2D eigenvalue weighted by Gasteiger charge is 2.13. The van der Waals surface area contributed by atoms with Crippen LogP contribution in [0.3, 0.4) is 0 Å². The summed E-state index contributed by atoms with van der Waals surface area (Å²) < 4.78 is 16.0. The molecule has 0 spiro atoms. The van der Waals surface area contributed by atoms with Crippen molar-refractivity contribution in [2.45, 2.75) is 13.0 Å². The number of primary amides is 1. The predicted molar refractivity (Wildman–Crippen MR) is 121 cm³/mol. The van der Waals surface area contributed by atoms with Gasteiger partial charge in [0.15, 0.2) is 24.1 Å². The number of benzene rings is 2. The number of nitrogens with two attached hydrogens (primary N) is 1. The van der Waals surface area contributed by atoms with E-state index in [4.69, 9.17) is 19.9 Å². The van der Waals surface area contributed by atoms with Crippen LogP contribution in [0.2, 0.25) is 0 Å². The molecule has 0 aromatic heterocycles. The summed E-state index contributed by atoms with van der Waals surface area (Å²) in [7, 11) is 1.72. The maximum absolute atomic E-state index is 10.8. The molecule has 4 N–H and O–H groups in total. The summed E-state index contributed by atoms with van der Waals surface area (Å²) in [6.07, 6.45) is 0.827. The number of guanidine groups is 1. The molecule has 0 fully saturated rings. The first-order valence-corrected chi connectivity index (χ1v) is 8.97. The summed E-state index contributed by atoms with van der Waals surface area (Å²) in [6.45, 7) is 1.43. The zero-order valence-electron chi connectivity index (χ0n) is 16.1. The largest absolute Gasteiger partial charge is 0.484 e.